The number of Topliss-reactive ketones (excluding diaryl/α,β-unsaturated/α-hetero) is 1. The third-order valence-corrected chi connectivity index (χ3v) is 3.86. The molecule has 112 valence electrons. The van der Waals surface area contributed by atoms with Crippen molar-refractivity contribution in [2.75, 3.05) is 13.6 Å². The molecule has 0 saturated carbocycles. The molecule has 5 heteroatoms. The van der Waals surface area contributed by atoms with E-state index in [9.17, 15) is 9.59 Å². The number of hydrogen-bond donors (Lipinski definition) is 0. The van der Waals surface area contributed by atoms with Gasteiger partial charge in [-0.05, 0) is 30.3 Å². The van der Waals surface area contributed by atoms with Gasteiger partial charge in [0.15, 0.2) is 5.78 Å². The first kappa shape index (κ1) is 14.6. The molecule has 0 radical (unpaired) electrons. The lowest BCUT2D eigenvalue weighted by atomic mass is 9.96. The molecule has 1 saturated heterocycles. The Morgan fingerprint density at radius 3 is 2.41 bits per heavy atom. The monoisotopic (exact) mass is 315 g/mol. The smallest absolute Gasteiger partial charge is 0.238 e. The van der Waals surface area contributed by atoms with Crippen LogP contribution in [-0.4, -0.2) is 30.2 Å². The van der Waals surface area contributed by atoms with Crippen LogP contribution in [0.5, 0.6) is 11.5 Å². The Kier molecular flexibility index (Phi) is 3.86. The molecule has 1 amide bonds. The van der Waals surface area contributed by atoms with Gasteiger partial charge in [0.1, 0.15) is 17.4 Å². The van der Waals surface area contributed by atoms with Crippen molar-refractivity contribution in [1.29, 1.82) is 0 Å². The zero-order valence-electron chi connectivity index (χ0n) is 12.0. The number of nitrogens with zero attached hydrogens (tertiary/aromatic N) is 1. The van der Waals surface area contributed by atoms with Crippen LogP contribution in [0.15, 0.2) is 48.5 Å². The molecular weight excluding hydrogens is 302 g/mol. The van der Waals surface area contributed by atoms with Gasteiger partial charge in [0.25, 0.3) is 0 Å². The van der Waals surface area contributed by atoms with Crippen molar-refractivity contribution in [3.63, 3.8) is 0 Å². The van der Waals surface area contributed by atoms with Crippen LogP contribution in [0, 0.1) is 0 Å². The maximum absolute atomic E-state index is 12.2. The molecule has 4 nitrogen and oxygen atoms in total. The number of hydrogen-bond acceptors (Lipinski definition) is 3. The Morgan fingerprint density at radius 2 is 1.77 bits per heavy atom. The van der Waals surface area contributed by atoms with Crippen molar-refractivity contribution >= 4 is 23.3 Å². The topological polar surface area (TPSA) is 46.6 Å². The summed E-state index contributed by atoms with van der Waals surface area (Å²) in [6.07, 6.45) is 0. The first-order valence-electron chi connectivity index (χ1n) is 6.86. The van der Waals surface area contributed by atoms with Gasteiger partial charge < -0.3 is 9.64 Å². The molecule has 1 aliphatic heterocycles. The quantitative estimate of drug-likeness (QED) is 0.817. The van der Waals surface area contributed by atoms with Crippen LogP contribution in [0.25, 0.3) is 0 Å². The molecule has 1 atom stereocenters. The van der Waals surface area contributed by atoms with Crippen LogP contribution in [0.3, 0.4) is 0 Å². The molecule has 0 aromatic heterocycles. The second-order valence-corrected chi connectivity index (χ2v) is 5.62. The fourth-order valence-corrected chi connectivity index (χ4v) is 2.64. The van der Waals surface area contributed by atoms with Crippen molar-refractivity contribution < 1.29 is 14.3 Å². The SMILES string of the molecule is CN1CC(=O)[C@@H](c2ccccc2Oc2ccc(Cl)cc2)C1=O. The van der Waals surface area contributed by atoms with Crippen LogP contribution >= 0.6 is 11.6 Å². The van der Waals surface area contributed by atoms with E-state index in [1.807, 2.05) is 6.07 Å². The highest BCUT2D eigenvalue weighted by atomic mass is 35.5. The van der Waals surface area contributed by atoms with E-state index in [-0.39, 0.29) is 18.2 Å². The van der Waals surface area contributed by atoms with Gasteiger partial charge in [0.05, 0.1) is 6.54 Å². The lowest BCUT2D eigenvalue weighted by Crippen LogP contribution is -2.21. The van der Waals surface area contributed by atoms with Gasteiger partial charge in [-0.15, -0.1) is 0 Å². The predicted molar refractivity (Wildman–Crippen MR) is 83.4 cm³/mol. The average Bonchev–Trinajstić information content (AvgIpc) is 2.75. The number of likely N-dealkylation sites (N-methyl/N-ethyl adjacent to an activating group) is 1. The minimum absolute atomic E-state index is 0.111. The first-order chi connectivity index (χ1) is 10.6. The van der Waals surface area contributed by atoms with Gasteiger partial charge in [-0.1, -0.05) is 29.8 Å². The minimum atomic E-state index is -0.784. The molecule has 0 spiro atoms. The van der Waals surface area contributed by atoms with E-state index in [0.29, 0.717) is 22.1 Å². The summed E-state index contributed by atoms with van der Waals surface area (Å²) in [5, 5.41) is 0.614. The highest BCUT2D eigenvalue weighted by molar-refractivity contribution is 6.30. The van der Waals surface area contributed by atoms with Crippen molar-refractivity contribution in [2.24, 2.45) is 0 Å². The number of likely N-dealkylation sites (tertiary alicyclic amines) is 1. The summed E-state index contributed by atoms with van der Waals surface area (Å²) in [4.78, 5) is 25.7. The van der Waals surface area contributed by atoms with Crippen LogP contribution in [0.1, 0.15) is 11.5 Å². The fraction of sp³-hybridized carbons (Fsp3) is 0.176. The molecule has 2 aromatic rings. The van der Waals surface area contributed by atoms with Crippen molar-refractivity contribution in [3.8, 4) is 11.5 Å². The van der Waals surface area contributed by atoms with Crippen LogP contribution in [0.2, 0.25) is 5.02 Å². The number of carbonyl (C=O) groups is 2. The molecule has 0 unspecified atom stereocenters. The summed E-state index contributed by atoms with van der Waals surface area (Å²) in [5.41, 5.74) is 0.594. The van der Waals surface area contributed by atoms with E-state index in [1.54, 1.807) is 49.5 Å². The predicted octanol–water partition coefficient (Wildman–Crippen LogP) is 3.26. The summed E-state index contributed by atoms with van der Waals surface area (Å²) in [7, 11) is 1.63. The normalized spacial score (nSPS) is 17.9. The number of para-hydroxylation sites is 1. The molecule has 1 aliphatic rings. The number of halogens is 1. The van der Waals surface area contributed by atoms with Gasteiger partial charge >= 0.3 is 0 Å². The van der Waals surface area contributed by atoms with E-state index in [2.05, 4.69) is 0 Å². The number of rotatable bonds is 3. The Balaban J connectivity index is 1.95. The highest BCUT2D eigenvalue weighted by Crippen LogP contribution is 2.34. The lowest BCUT2D eigenvalue weighted by molar-refractivity contribution is -0.128. The van der Waals surface area contributed by atoms with Gasteiger partial charge in [0.2, 0.25) is 5.91 Å². The summed E-state index contributed by atoms with van der Waals surface area (Å²) >= 11 is 5.85. The molecule has 2 aromatic carbocycles. The van der Waals surface area contributed by atoms with Gasteiger partial charge in [-0.3, -0.25) is 9.59 Å². The van der Waals surface area contributed by atoms with E-state index in [4.69, 9.17) is 16.3 Å². The molecular formula is C17H14ClNO3. The fourth-order valence-electron chi connectivity index (χ4n) is 2.51. The van der Waals surface area contributed by atoms with Crippen LogP contribution in [0.4, 0.5) is 0 Å². The van der Waals surface area contributed by atoms with Gasteiger partial charge in [-0.2, -0.15) is 0 Å². The van der Waals surface area contributed by atoms with E-state index < -0.39 is 5.92 Å². The molecule has 0 N–H and O–H groups in total. The summed E-state index contributed by atoms with van der Waals surface area (Å²) in [6.45, 7) is 0.138. The molecule has 3 rings (SSSR count). The van der Waals surface area contributed by atoms with Crippen molar-refractivity contribution in [2.45, 2.75) is 5.92 Å². The van der Waals surface area contributed by atoms with Gasteiger partial charge in [-0.25, -0.2) is 0 Å². The number of ether oxygens (including phenoxy) is 1. The summed E-state index contributed by atoms with van der Waals surface area (Å²) < 4.78 is 5.83. The van der Waals surface area contributed by atoms with Crippen LogP contribution < -0.4 is 4.74 Å². The number of carbonyl (C=O) groups excluding carboxylic acids is 2. The Labute approximate surface area is 133 Å². The van der Waals surface area contributed by atoms with Crippen molar-refractivity contribution in [1.82, 2.24) is 4.90 Å². The highest BCUT2D eigenvalue weighted by Gasteiger charge is 2.39. The Hall–Kier alpha value is -2.33. The minimum Gasteiger partial charge on any atom is -0.457 e. The Bertz CT molecular complexity index is 727. The molecule has 0 bridgehead atoms. The lowest BCUT2D eigenvalue weighted by Gasteiger charge is -2.14. The molecule has 0 aliphatic carbocycles. The standard InChI is InChI=1S/C17H14ClNO3/c1-19-10-14(20)16(17(19)21)13-4-2-3-5-15(13)22-12-8-6-11(18)7-9-12/h2-9,16H,10H2,1H3/t16-/m1/s1. The third kappa shape index (κ3) is 2.70. The largest absolute Gasteiger partial charge is 0.457 e. The van der Waals surface area contributed by atoms with Crippen LogP contribution in [-0.2, 0) is 9.59 Å². The molecule has 1 fully saturated rings. The molecule has 22 heavy (non-hydrogen) atoms. The van der Waals surface area contributed by atoms with E-state index in [0.717, 1.165) is 0 Å². The number of ketones is 1. The van der Waals surface area contributed by atoms with Gasteiger partial charge in [0, 0.05) is 17.6 Å². The second-order valence-electron chi connectivity index (χ2n) is 5.19. The second kappa shape index (κ2) is 5.81. The zero-order valence-corrected chi connectivity index (χ0v) is 12.7. The average molecular weight is 316 g/mol. The van der Waals surface area contributed by atoms with E-state index >= 15 is 0 Å². The first-order valence-corrected chi connectivity index (χ1v) is 7.24. The molecule has 1 heterocycles. The zero-order chi connectivity index (χ0) is 15.7. The summed E-state index contributed by atoms with van der Waals surface area (Å²) in [5.74, 6) is 0.0141. The van der Waals surface area contributed by atoms with Crippen molar-refractivity contribution in [3.05, 3.63) is 59.1 Å². The third-order valence-electron chi connectivity index (χ3n) is 3.61. The number of benzene rings is 2. The summed E-state index contributed by atoms with van der Waals surface area (Å²) in [6, 6.07) is 14.0. The maximum atomic E-state index is 12.2. The maximum Gasteiger partial charge on any atom is 0.238 e. The number of amides is 1. The Morgan fingerprint density at radius 1 is 1.09 bits per heavy atom. The van der Waals surface area contributed by atoms with E-state index in [1.165, 1.54) is 4.90 Å².